The van der Waals surface area contributed by atoms with Gasteiger partial charge in [0.1, 0.15) is 5.82 Å². The number of nitrogens with one attached hydrogen (secondary N) is 1. The third-order valence-corrected chi connectivity index (χ3v) is 2.45. The summed E-state index contributed by atoms with van der Waals surface area (Å²) in [5.74, 6) is -0.197. The third-order valence-electron chi connectivity index (χ3n) is 2.45. The highest BCUT2D eigenvalue weighted by atomic mass is 19.1. The first-order chi connectivity index (χ1) is 6.31. The summed E-state index contributed by atoms with van der Waals surface area (Å²) in [5, 5.41) is 12.2. The van der Waals surface area contributed by atoms with Crippen molar-refractivity contribution in [3.8, 4) is 0 Å². The smallest absolute Gasteiger partial charge is 0.123 e. The Morgan fingerprint density at radius 1 is 1.54 bits per heavy atom. The van der Waals surface area contributed by atoms with Crippen LogP contribution in [0.3, 0.4) is 0 Å². The molecule has 0 unspecified atom stereocenters. The van der Waals surface area contributed by atoms with Gasteiger partial charge in [-0.3, -0.25) is 0 Å². The van der Waals surface area contributed by atoms with Crippen LogP contribution in [0.4, 0.5) is 4.39 Å². The Kier molecular flexibility index (Phi) is 2.29. The fourth-order valence-corrected chi connectivity index (χ4v) is 1.78. The quantitative estimate of drug-likeness (QED) is 0.677. The molecule has 0 radical (unpaired) electrons. The lowest BCUT2D eigenvalue weighted by molar-refractivity contribution is 0.240. The van der Waals surface area contributed by atoms with E-state index >= 15 is 0 Å². The van der Waals surface area contributed by atoms with Gasteiger partial charge < -0.3 is 10.4 Å². The molecule has 0 aliphatic carbocycles. The summed E-state index contributed by atoms with van der Waals surface area (Å²) >= 11 is 0. The summed E-state index contributed by atoms with van der Waals surface area (Å²) in [7, 11) is 0. The van der Waals surface area contributed by atoms with Gasteiger partial charge in [-0.15, -0.1) is 0 Å². The van der Waals surface area contributed by atoms with Crippen molar-refractivity contribution in [2.24, 2.45) is 0 Å². The molecular weight excluding hydrogens is 169 g/mol. The Labute approximate surface area is 76.4 Å². The highest BCUT2D eigenvalue weighted by Crippen LogP contribution is 2.22. The summed E-state index contributed by atoms with van der Waals surface area (Å²) in [6, 6.07) is 4.72. The van der Waals surface area contributed by atoms with Gasteiger partial charge in [-0.2, -0.15) is 0 Å². The number of fused-ring (bicyclic) bond motifs is 1. The van der Waals surface area contributed by atoms with Gasteiger partial charge in [0, 0.05) is 0 Å². The van der Waals surface area contributed by atoms with Crippen LogP contribution in [0, 0.1) is 5.82 Å². The SMILES string of the molecule is OC[C@H]1NCCc2cc(F)ccc21. The Hall–Kier alpha value is -0.930. The zero-order valence-electron chi connectivity index (χ0n) is 7.26. The number of rotatable bonds is 1. The monoisotopic (exact) mass is 181 g/mol. The second-order valence-corrected chi connectivity index (χ2v) is 3.28. The van der Waals surface area contributed by atoms with E-state index in [4.69, 9.17) is 5.11 Å². The minimum atomic E-state index is -0.197. The maximum absolute atomic E-state index is 12.8. The molecule has 2 rings (SSSR count). The van der Waals surface area contributed by atoms with Crippen LogP contribution in [-0.4, -0.2) is 18.3 Å². The molecule has 0 bridgehead atoms. The van der Waals surface area contributed by atoms with Crippen molar-refractivity contribution in [1.29, 1.82) is 0 Å². The van der Waals surface area contributed by atoms with Gasteiger partial charge in [-0.05, 0) is 36.2 Å². The van der Waals surface area contributed by atoms with Crippen LogP contribution in [0.2, 0.25) is 0 Å². The maximum atomic E-state index is 12.8. The number of benzene rings is 1. The molecule has 1 aliphatic rings. The van der Waals surface area contributed by atoms with E-state index in [2.05, 4.69) is 5.32 Å². The summed E-state index contributed by atoms with van der Waals surface area (Å²) in [6.07, 6.45) is 0.837. The van der Waals surface area contributed by atoms with E-state index in [0.717, 1.165) is 24.1 Å². The normalized spacial score (nSPS) is 21.2. The minimum Gasteiger partial charge on any atom is -0.394 e. The Bertz CT molecular complexity index is 314. The lowest BCUT2D eigenvalue weighted by atomic mass is 9.95. The van der Waals surface area contributed by atoms with Crippen molar-refractivity contribution in [2.45, 2.75) is 12.5 Å². The van der Waals surface area contributed by atoms with Gasteiger partial charge in [0.15, 0.2) is 0 Å². The molecule has 1 atom stereocenters. The van der Waals surface area contributed by atoms with E-state index in [1.165, 1.54) is 6.07 Å². The average Bonchev–Trinajstić information content (AvgIpc) is 2.16. The molecule has 0 amide bonds. The lowest BCUT2D eigenvalue weighted by Gasteiger charge is -2.25. The molecule has 0 fully saturated rings. The van der Waals surface area contributed by atoms with Gasteiger partial charge in [-0.25, -0.2) is 4.39 Å². The fraction of sp³-hybridized carbons (Fsp3) is 0.400. The number of aliphatic hydroxyl groups is 1. The van der Waals surface area contributed by atoms with Gasteiger partial charge in [0.25, 0.3) is 0 Å². The Morgan fingerprint density at radius 3 is 3.15 bits per heavy atom. The summed E-state index contributed by atoms with van der Waals surface area (Å²) < 4.78 is 12.8. The van der Waals surface area contributed by atoms with Gasteiger partial charge in [0.2, 0.25) is 0 Å². The molecule has 2 N–H and O–H groups in total. The van der Waals surface area contributed by atoms with Crippen molar-refractivity contribution >= 4 is 0 Å². The molecule has 1 aromatic carbocycles. The van der Waals surface area contributed by atoms with Crippen LogP contribution in [0.1, 0.15) is 17.2 Å². The number of aliphatic hydroxyl groups excluding tert-OH is 1. The standard InChI is InChI=1S/C10H12FNO/c11-8-1-2-9-7(5-8)3-4-12-10(9)6-13/h1-2,5,10,12-13H,3-4,6H2/t10-/m1/s1. The molecule has 13 heavy (non-hydrogen) atoms. The van der Waals surface area contributed by atoms with Gasteiger partial charge in [-0.1, -0.05) is 6.07 Å². The summed E-state index contributed by atoms with van der Waals surface area (Å²) in [6.45, 7) is 0.875. The van der Waals surface area contributed by atoms with Crippen molar-refractivity contribution in [1.82, 2.24) is 5.32 Å². The number of hydrogen-bond acceptors (Lipinski definition) is 2. The van der Waals surface area contributed by atoms with Crippen LogP contribution in [-0.2, 0) is 6.42 Å². The molecule has 0 saturated heterocycles. The summed E-state index contributed by atoms with van der Waals surface area (Å²) in [4.78, 5) is 0. The predicted molar refractivity (Wildman–Crippen MR) is 47.9 cm³/mol. The first-order valence-electron chi connectivity index (χ1n) is 4.44. The molecule has 0 spiro atoms. The molecule has 0 saturated carbocycles. The molecule has 70 valence electrons. The average molecular weight is 181 g/mol. The van der Waals surface area contributed by atoms with E-state index in [-0.39, 0.29) is 18.5 Å². The second kappa shape index (κ2) is 3.44. The lowest BCUT2D eigenvalue weighted by Crippen LogP contribution is -2.32. The molecular formula is C10H12FNO. The van der Waals surface area contributed by atoms with Gasteiger partial charge in [0.05, 0.1) is 12.6 Å². The van der Waals surface area contributed by atoms with Crippen LogP contribution in [0.5, 0.6) is 0 Å². The van der Waals surface area contributed by atoms with Crippen molar-refractivity contribution in [3.05, 3.63) is 35.1 Å². The highest BCUT2D eigenvalue weighted by molar-refractivity contribution is 5.33. The zero-order chi connectivity index (χ0) is 9.26. The second-order valence-electron chi connectivity index (χ2n) is 3.28. The third kappa shape index (κ3) is 1.57. The molecule has 1 aromatic rings. The number of halogens is 1. The van der Waals surface area contributed by atoms with Crippen LogP contribution < -0.4 is 5.32 Å². The molecule has 1 heterocycles. The first kappa shape index (κ1) is 8.66. The first-order valence-corrected chi connectivity index (χ1v) is 4.44. The van der Waals surface area contributed by atoms with Crippen molar-refractivity contribution in [2.75, 3.05) is 13.2 Å². The largest absolute Gasteiger partial charge is 0.394 e. The molecule has 0 aromatic heterocycles. The van der Waals surface area contributed by atoms with Crippen molar-refractivity contribution in [3.63, 3.8) is 0 Å². The minimum absolute atomic E-state index is 0.0238. The van der Waals surface area contributed by atoms with E-state index < -0.39 is 0 Å². The summed E-state index contributed by atoms with van der Waals surface area (Å²) in [5.41, 5.74) is 2.04. The van der Waals surface area contributed by atoms with Crippen LogP contribution in [0.15, 0.2) is 18.2 Å². The molecule has 2 nitrogen and oxygen atoms in total. The van der Waals surface area contributed by atoms with E-state index in [1.54, 1.807) is 12.1 Å². The number of hydrogen-bond donors (Lipinski definition) is 2. The van der Waals surface area contributed by atoms with E-state index in [0.29, 0.717) is 0 Å². The molecule has 1 aliphatic heterocycles. The highest BCUT2D eigenvalue weighted by Gasteiger charge is 2.18. The van der Waals surface area contributed by atoms with Crippen LogP contribution >= 0.6 is 0 Å². The predicted octanol–water partition coefficient (Wildman–Crippen LogP) is 1.00. The Morgan fingerprint density at radius 2 is 2.38 bits per heavy atom. The van der Waals surface area contributed by atoms with Gasteiger partial charge >= 0.3 is 0 Å². The Balaban J connectivity index is 2.40. The van der Waals surface area contributed by atoms with E-state index in [9.17, 15) is 4.39 Å². The maximum Gasteiger partial charge on any atom is 0.123 e. The van der Waals surface area contributed by atoms with Crippen molar-refractivity contribution < 1.29 is 9.50 Å². The molecule has 3 heteroatoms. The fourth-order valence-electron chi connectivity index (χ4n) is 1.78. The topological polar surface area (TPSA) is 32.3 Å². The zero-order valence-corrected chi connectivity index (χ0v) is 7.26. The van der Waals surface area contributed by atoms with E-state index in [1.807, 2.05) is 0 Å². The van der Waals surface area contributed by atoms with Crippen LogP contribution in [0.25, 0.3) is 0 Å².